The van der Waals surface area contributed by atoms with Crippen LogP contribution in [0.4, 0.5) is 10.5 Å². The molecule has 0 spiro atoms. The van der Waals surface area contributed by atoms with Crippen LogP contribution in [-0.4, -0.2) is 48.1 Å². The van der Waals surface area contributed by atoms with Gasteiger partial charge in [-0.1, -0.05) is 12.1 Å². The Kier molecular flexibility index (Phi) is 6.27. The van der Waals surface area contributed by atoms with Gasteiger partial charge in [0, 0.05) is 12.5 Å². The predicted molar refractivity (Wildman–Crippen MR) is 101 cm³/mol. The third kappa shape index (κ3) is 5.45. The molecule has 0 radical (unpaired) electrons. The largest absolute Gasteiger partial charge is 0.475 e. The van der Waals surface area contributed by atoms with Crippen molar-refractivity contribution in [2.75, 3.05) is 11.4 Å². The van der Waals surface area contributed by atoms with Gasteiger partial charge in [-0.3, -0.25) is 14.9 Å². The van der Waals surface area contributed by atoms with Crippen molar-refractivity contribution in [3.8, 4) is 5.75 Å². The summed E-state index contributed by atoms with van der Waals surface area (Å²) in [5.74, 6) is -1.46. The number of urea groups is 1. The van der Waals surface area contributed by atoms with Crippen molar-refractivity contribution in [2.45, 2.75) is 52.4 Å². The van der Waals surface area contributed by atoms with Crippen LogP contribution in [0.15, 0.2) is 24.3 Å². The zero-order valence-electron chi connectivity index (χ0n) is 16.6. The molecular formula is C19H25N3O6. The first-order chi connectivity index (χ1) is 13.0. The van der Waals surface area contributed by atoms with Gasteiger partial charge in [0.25, 0.3) is 5.91 Å². The number of amides is 4. The fourth-order valence-corrected chi connectivity index (χ4v) is 2.54. The minimum absolute atomic E-state index is 0.0377. The van der Waals surface area contributed by atoms with E-state index in [4.69, 9.17) is 9.47 Å². The highest BCUT2D eigenvalue weighted by molar-refractivity contribution is 5.98. The lowest BCUT2D eigenvalue weighted by Gasteiger charge is -2.33. The zero-order chi connectivity index (χ0) is 21.1. The highest BCUT2D eigenvalue weighted by Gasteiger charge is 2.35. The van der Waals surface area contributed by atoms with Crippen molar-refractivity contribution in [2.24, 2.45) is 0 Å². The Balaban J connectivity index is 1.99. The monoisotopic (exact) mass is 391 g/mol. The standard InChI is InChI=1S/C19H25N3O6/c1-11(16(24)20-18(26)21-19(3,4)5)27-17(25)15-10-22(12(2)23)13-8-6-7-9-14(13)28-15/h6-9,11,15H,10H2,1-5H3,(H2,20,21,24,26)/t11-,15-/m1/s1. The van der Waals surface area contributed by atoms with Crippen molar-refractivity contribution in [1.29, 1.82) is 0 Å². The molecule has 1 aliphatic heterocycles. The van der Waals surface area contributed by atoms with Crippen molar-refractivity contribution in [1.82, 2.24) is 10.6 Å². The van der Waals surface area contributed by atoms with Crippen LogP contribution < -0.4 is 20.3 Å². The first kappa shape index (κ1) is 21.2. The Hall–Kier alpha value is -3.10. The molecule has 1 aromatic carbocycles. The number of imide groups is 1. The lowest BCUT2D eigenvalue weighted by Crippen LogP contribution is -2.52. The molecule has 1 heterocycles. The number of nitrogens with one attached hydrogen (secondary N) is 2. The van der Waals surface area contributed by atoms with Gasteiger partial charge in [0.15, 0.2) is 6.10 Å². The molecular weight excluding hydrogens is 366 g/mol. The summed E-state index contributed by atoms with van der Waals surface area (Å²) < 4.78 is 10.8. The average Bonchev–Trinajstić information content (AvgIpc) is 2.58. The second kappa shape index (κ2) is 8.28. The topological polar surface area (TPSA) is 114 Å². The van der Waals surface area contributed by atoms with Gasteiger partial charge in [0.05, 0.1) is 12.2 Å². The number of nitrogens with zero attached hydrogens (tertiary/aromatic N) is 1. The molecule has 1 aromatic rings. The number of fused-ring (bicyclic) bond motifs is 1. The minimum atomic E-state index is -1.22. The molecule has 0 fully saturated rings. The first-order valence-corrected chi connectivity index (χ1v) is 8.85. The molecule has 152 valence electrons. The minimum Gasteiger partial charge on any atom is -0.475 e. The highest BCUT2D eigenvalue weighted by Crippen LogP contribution is 2.33. The summed E-state index contributed by atoms with van der Waals surface area (Å²) in [7, 11) is 0. The first-order valence-electron chi connectivity index (χ1n) is 8.85. The maximum absolute atomic E-state index is 12.4. The molecule has 0 saturated heterocycles. The number of para-hydroxylation sites is 2. The van der Waals surface area contributed by atoms with Crippen molar-refractivity contribution < 1.29 is 28.7 Å². The molecule has 0 aromatic heterocycles. The number of benzene rings is 1. The van der Waals surface area contributed by atoms with Crippen molar-refractivity contribution >= 4 is 29.5 Å². The van der Waals surface area contributed by atoms with Gasteiger partial charge in [-0.25, -0.2) is 9.59 Å². The van der Waals surface area contributed by atoms with Crippen LogP contribution in [0.3, 0.4) is 0 Å². The summed E-state index contributed by atoms with van der Waals surface area (Å²) in [6, 6.07) is 6.13. The van der Waals surface area contributed by atoms with E-state index in [0.717, 1.165) is 0 Å². The Labute approximate surface area is 163 Å². The number of carbonyl (C=O) groups is 4. The number of anilines is 1. The summed E-state index contributed by atoms with van der Waals surface area (Å²) in [5, 5.41) is 4.69. The van der Waals surface area contributed by atoms with E-state index in [9.17, 15) is 19.2 Å². The van der Waals surface area contributed by atoms with Gasteiger partial charge in [-0.05, 0) is 39.8 Å². The quantitative estimate of drug-likeness (QED) is 0.752. The fraction of sp³-hybridized carbons (Fsp3) is 0.474. The van der Waals surface area contributed by atoms with Gasteiger partial charge in [0.2, 0.25) is 12.0 Å². The molecule has 4 amide bonds. The third-order valence-corrected chi connectivity index (χ3v) is 3.80. The van der Waals surface area contributed by atoms with Gasteiger partial charge in [0.1, 0.15) is 5.75 Å². The number of hydrogen-bond donors (Lipinski definition) is 2. The molecule has 0 bridgehead atoms. The average molecular weight is 391 g/mol. The van der Waals surface area contributed by atoms with Crippen molar-refractivity contribution in [3.63, 3.8) is 0 Å². The summed E-state index contributed by atoms with van der Waals surface area (Å²) in [5.41, 5.74) is 0.0349. The Bertz CT molecular complexity index is 786. The Morgan fingerprint density at radius 3 is 2.46 bits per heavy atom. The van der Waals surface area contributed by atoms with Gasteiger partial charge >= 0.3 is 12.0 Å². The number of ether oxygens (including phenoxy) is 2. The smallest absolute Gasteiger partial charge is 0.350 e. The summed E-state index contributed by atoms with van der Waals surface area (Å²) in [6.07, 6.45) is -2.30. The molecule has 0 saturated carbocycles. The number of carbonyl (C=O) groups excluding carboxylic acids is 4. The lowest BCUT2D eigenvalue weighted by molar-refractivity contribution is -0.161. The highest BCUT2D eigenvalue weighted by atomic mass is 16.6. The van der Waals surface area contributed by atoms with E-state index in [0.29, 0.717) is 11.4 Å². The molecule has 0 aliphatic carbocycles. The van der Waals surface area contributed by atoms with E-state index in [-0.39, 0.29) is 12.5 Å². The summed E-state index contributed by atoms with van der Waals surface area (Å²) >= 11 is 0. The van der Waals surface area contributed by atoms with Crippen LogP contribution in [0.2, 0.25) is 0 Å². The molecule has 1 aliphatic rings. The van der Waals surface area contributed by atoms with Crippen LogP contribution in [0.25, 0.3) is 0 Å². The normalized spacial score (nSPS) is 16.9. The third-order valence-electron chi connectivity index (χ3n) is 3.80. The van der Waals surface area contributed by atoms with Gasteiger partial charge in [-0.15, -0.1) is 0 Å². The summed E-state index contributed by atoms with van der Waals surface area (Å²) in [4.78, 5) is 49.6. The maximum atomic E-state index is 12.4. The van der Waals surface area contributed by atoms with E-state index in [1.165, 1.54) is 18.7 Å². The van der Waals surface area contributed by atoms with E-state index in [2.05, 4.69) is 10.6 Å². The van der Waals surface area contributed by atoms with Crippen molar-refractivity contribution in [3.05, 3.63) is 24.3 Å². The fourth-order valence-electron chi connectivity index (χ4n) is 2.54. The van der Waals surface area contributed by atoms with Crippen LogP contribution in [-0.2, 0) is 19.1 Å². The molecule has 2 rings (SSSR count). The van der Waals surface area contributed by atoms with E-state index < -0.39 is 35.7 Å². The van der Waals surface area contributed by atoms with Crippen LogP contribution in [0.1, 0.15) is 34.6 Å². The molecule has 9 heteroatoms. The maximum Gasteiger partial charge on any atom is 0.350 e. The van der Waals surface area contributed by atoms with E-state index in [1.807, 2.05) is 0 Å². The SMILES string of the molecule is CC(=O)N1C[C@H](C(=O)O[C@H](C)C(=O)NC(=O)NC(C)(C)C)Oc2ccccc21. The van der Waals surface area contributed by atoms with E-state index >= 15 is 0 Å². The molecule has 2 N–H and O–H groups in total. The van der Waals surface area contributed by atoms with Gasteiger partial charge < -0.3 is 19.7 Å². The lowest BCUT2D eigenvalue weighted by atomic mass is 10.1. The number of hydrogen-bond acceptors (Lipinski definition) is 6. The molecule has 9 nitrogen and oxygen atoms in total. The summed E-state index contributed by atoms with van der Waals surface area (Å²) in [6.45, 7) is 7.98. The number of esters is 1. The van der Waals surface area contributed by atoms with Crippen LogP contribution in [0.5, 0.6) is 5.75 Å². The second-order valence-corrected chi connectivity index (χ2v) is 7.48. The van der Waals surface area contributed by atoms with Crippen LogP contribution in [0, 0.1) is 0 Å². The molecule has 28 heavy (non-hydrogen) atoms. The zero-order valence-corrected chi connectivity index (χ0v) is 16.6. The molecule has 0 unspecified atom stereocenters. The number of rotatable bonds is 3. The molecule has 2 atom stereocenters. The second-order valence-electron chi connectivity index (χ2n) is 7.48. The predicted octanol–water partition coefficient (Wildman–Crippen LogP) is 1.36. The van der Waals surface area contributed by atoms with Gasteiger partial charge in [-0.2, -0.15) is 0 Å². The Morgan fingerprint density at radius 1 is 1.21 bits per heavy atom. The van der Waals surface area contributed by atoms with Crippen LogP contribution >= 0.6 is 0 Å². The Morgan fingerprint density at radius 2 is 1.86 bits per heavy atom. The van der Waals surface area contributed by atoms with E-state index in [1.54, 1.807) is 45.0 Å².